The molecule has 2 aromatic heterocycles. The standard InChI is InChI=1S/C12H19N6O4P/c1-22-11-9-10(15-12(13)16-11)18(6-14-9)8-2-4-17(5-3-8)7-23(19,20)21/h6,8H,2-5,7H2,1H3,(H2,13,15,16)(H2,19,20,21). The molecule has 23 heavy (non-hydrogen) atoms. The molecule has 2 aromatic rings. The molecule has 0 aromatic carbocycles. The second-order valence-electron chi connectivity index (χ2n) is 5.57. The molecule has 3 rings (SSSR count). The highest BCUT2D eigenvalue weighted by Gasteiger charge is 2.27. The Labute approximate surface area is 132 Å². The summed E-state index contributed by atoms with van der Waals surface area (Å²) in [6.07, 6.45) is 2.98. The SMILES string of the molecule is COc1nc(N)nc2c1ncn2C1CCN(CP(=O)(O)O)CC1. The third kappa shape index (κ3) is 3.45. The van der Waals surface area contributed by atoms with Gasteiger partial charge in [-0.2, -0.15) is 9.97 Å². The fourth-order valence-corrected chi connectivity index (χ4v) is 3.72. The first-order valence-corrected chi connectivity index (χ1v) is 8.98. The van der Waals surface area contributed by atoms with E-state index in [4.69, 9.17) is 20.3 Å². The molecule has 4 N–H and O–H groups in total. The van der Waals surface area contributed by atoms with Gasteiger partial charge in [-0.25, -0.2) is 4.98 Å². The van der Waals surface area contributed by atoms with Crippen LogP contribution in [0.3, 0.4) is 0 Å². The Morgan fingerprint density at radius 2 is 2.09 bits per heavy atom. The summed E-state index contributed by atoms with van der Waals surface area (Å²) < 4.78 is 18.2. The molecule has 0 amide bonds. The fraction of sp³-hybridized carbons (Fsp3) is 0.583. The average Bonchev–Trinajstić information content (AvgIpc) is 2.89. The van der Waals surface area contributed by atoms with Gasteiger partial charge in [0, 0.05) is 19.1 Å². The highest BCUT2D eigenvalue weighted by atomic mass is 31.2. The van der Waals surface area contributed by atoms with Crippen molar-refractivity contribution in [2.75, 3.05) is 32.2 Å². The summed E-state index contributed by atoms with van der Waals surface area (Å²) in [5.41, 5.74) is 6.88. The van der Waals surface area contributed by atoms with Crippen molar-refractivity contribution in [2.24, 2.45) is 0 Å². The van der Waals surface area contributed by atoms with Crippen molar-refractivity contribution in [1.82, 2.24) is 24.4 Å². The van der Waals surface area contributed by atoms with Crippen LogP contribution in [0.1, 0.15) is 18.9 Å². The zero-order valence-corrected chi connectivity index (χ0v) is 13.6. The Morgan fingerprint density at radius 1 is 1.39 bits per heavy atom. The van der Waals surface area contributed by atoms with Gasteiger partial charge in [-0.05, 0) is 12.8 Å². The minimum absolute atomic E-state index is 0.120. The highest BCUT2D eigenvalue weighted by molar-refractivity contribution is 7.51. The third-order valence-corrected chi connectivity index (χ3v) is 4.70. The Morgan fingerprint density at radius 3 is 2.70 bits per heavy atom. The maximum Gasteiger partial charge on any atom is 0.339 e. The van der Waals surface area contributed by atoms with E-state index < -0.39 is 7.60 Å². The highest BCUT2D eigenvalue weighted by Crippen LogP contribution is 2.37. The molecule has 1 saturated heterocycles. The lowest BCUT2D eigenvalue weighted by Crippen LogP contribution is -2.35. The van der Waals surface area contributed by atoms with Crippen molar-refractivity contribution in [2.45, 2.75) is 18.9 Å². The molecule has 11 heteroatoms. The second kappa shape index (κ2) is 6.04. The summed E-state index contributed by atoms with van der Waals surface area (Å²) in [4.78, 5) is 32.5. The van der Waals surface area contributed by atoms with Gasteiger partial charge in [0.2, 0.25) is 11.8 Å². The topological polar surface area (TPSA) is 140 Å². The summed E-state index contributed by atoms with van der Waals surface area (Å²) >= 11 is 0. The van der Waals surface area contributed by atoms with Gasteiger partial charge in [-0.3, -0.25) is 9.46 Å². The predicted octanol–water partition coefficient (Wildman–Crippen LogP) is 0.189. The first-order chi connectivity index (χ1) is 10.9. The van der Waals surface area contributed by atoms with Crippen LogP contribution in [0, 0.1) is 0 Å². The van der Waals surface area contributed by atoms with Gasteiger partial charge in [-0.15, -0.1) is 0 Å². The van der Waals surface area contributed by atoms with E-state index in [-0.39, 0.29) is 18.3 Å². The molecular formula is C12H19N6O4P. The fourth-order valence-electron chi connectivity index (χ4n) is 2.92. The predicted molar refractivity (Wildman–Crippen MR) is 83.0 cm³/mol. The lowest BCUT2D eigenvalue weighted by molar-refractivity contribution is 0.199. The van der Waals surface area contributed by atoms with Gasteiger partial charge in [0.25, 0.3) is 0 Å². The van der Waals surface area contributed by atoms with E-state index in [0.717, 1.165) is 12.8 Å². The molecule has 1 fully saturated rings. The molecule has 0 radical (unpaired) electrons. The molecule has 0 bridgehead atoms. The van der Waals surface area contributed by atoms with E-state index in [1.54, 1.807) is 11.2 Å². The number of anilines is 1. The average molecular weight is 342 g/mol. The van der Waals surface area contributed by atoms with Crippen molar-refractivity contribution < 1.29 is 19.1 Å². The normalized spacial score (nSPS) is 17.7. The van der Waals surface area contributed by atoms with Crippen LogP contribution in [0.5, 0.6) is 5.88 Å². The van der Waals surface area contributed by atoms with Crippen LogP contribution in [0.2, 0.25) is 0 Å². The number of nitrogen functional groups attached to an aromatic ring is 1. The van der Waals surface area contributed by atoms with Crippen molar-refractivity contribution in [3.8, 4) is 5.88 Å². The minimum Gasteiger partial charge on any atom is -0.479 e. The minimum atomic E-state index is -4.02. The first-order valence-electron chi connectivity index (χ1n) is 7.18. The van der Waals surface area contributed by atoms with Crippen molar-refractivity contribution in [3.05, 3.63) is 6.33 Å². The van der Waals surface area contributed by atoms with E-state index in [0.29, 0.717) is 30.1 Å². The largest absolute Gasteiger partial charge is 0.479 e. The second-order valence-corrected chi connectivity index (χ2v) is 7.18. The van der Waals surface area contributed by atoms with Crippen LogP contribution >= 0.6 is 7.60 Å². The molecule has 1 aliphatic heterocycles. The van der Waals surface area contributed by atoms with Crippen LogP contribution in [-0.2, 0) is 4.57 Å². The number of imidazole rings is 1. The van der Waals surface area contributed by atoms with Gasteiger partial charge in [0.15, 0.2) is 11.2 Å². The maximum absolute atomic E-state index is 11.1. The van der Waals surface area contributed by atoms with E-state index >= 15 is 0 Å². The summed E-state index contributed by atoms with van der Waals surface area (Å²) in [6, 6.07) is 0.145. The molecular weight excluding hydrogens is 323 g/mol. The van der Waals surface area contributed by atoms with E-state index in [2.05, 4.69) is 15.0 Å². The number of hydrogen-bond acceptors (Lipinski definition) is 7. The van der Waals surface area contributed by atoms with E-state index in [1.165, 1.54) is 7.11 Å². The molecule has 0 atom stereocenters. The number of nitrogens with zero attached hydrogens (tertiary/aromatic N) is 5. The van der Waals surface area contributed by atoms with Crippen LogP contribution < -0.4 is 10.5 Å². The smallest absolute Gasteiger partial charge is 0.339 e. The molecule has 3 heterocycles. The number of ether oxygens (including phenoxy) is 1. The van der Waals surface area contributed by atoms with Gasteiger partial charge in [-0.1, -0.05) is 0 Å². The Kier molecular flexibility index (Phi) is 4.24. The zero-order chi connectivity index (χ0) is 16.6. The van der Waals surface area contributed by atoms with Crippen LogP contribution in [-0.4, -0.2) is 60.7 Å². The molecule has 0 unspecified atom stereocenters. The lowest BCUT2D eigenvalue weighted by atomic mass is 10.1. The number of aromatic nitrogens is 4. The van der Waals surface area contributed by atoms with Gasteiger partial charge in [0.05, 0.1) is 13.4 Å². The molecule has 0 spiro atoms. The maximum atomic E-state index is 11.1. The summed E-state index contributed by atoms with van der Waals surface area (Å²) in [7, 11) is -2.52. The monoisotopic (exact) mass is 342 g/mol. The number of fused-ring (bicyclic) bond motifs is 1. The lowest BCUT2D eigenvalue weighted by Gasteiger charge is -2.32. The van der Waals surface area contributed by atoms with Gasteiger partial charge >= 0.3 is 7.60 Å². The first kappa shape index (κ1) is 16.1. The van der Waals surface area contributed by atoms with Crippen molar-refractivity contribution in [3.63, 3.8) is 0 Å². The van der Waals surface area contributed by atoms with Crippen molar-refractivity contribution in [1.29, 1.82) is 0 Å². The number of nitrogens with two attached hydrogens (primary N) is 1. The van der Waals surface area contributed by atoms with Crippen LogP contribution in [0.25, 0.3) is 11.2 Å². The summed E-state index contributed by atoms with van der Waals surface area (Å²) in [6.45, 7) is 1.21. The van der Waals surface area contributed by atoms with Gasteiger partial charge < -0.3 is 24.8 Å². The van der Waals surface area contributed by atoms with Crippen molar-refractivity contribution >= 4 is 24.7 Å². The Hall–Kier alpha value is -1.74. The zero-order valence-electron chi connectivity index (χ0n) is 12.7. The molecule has 1 aliphatic rings. The molecule has 126 valence electrons. The number of piperidine rings is 1. The van der Waals surface area contributed by atoms with E-state index in [9.17, 15) is 4.57 Å². The van der Waals surface area contributed by atoms with Crippen LogP contribution in [0.4, 0.5) is 5.95 Å². The molecule has 10 nitrogen and oxygen atoms in total. The summed E-state index contributed by atoms with van der Waals surface area (Å²) in [5.74, 6) is 0.459. The van der Waals surface area contributed by atoms with E-state index in [1.807, 2.05) is 4.57 Å². The molecule has 0 aliphatic carbocycles. The quantitative estimate of drug-likeness (QED) is 0.664. The third-order valence-electron chi connectivity index (χ3n) is 3.93. The molecule has 0 saturated carbocycles. The Bertz CT molecular complexity index is 751. The number of rotatable bonds is 4. The number of likely N-dealkylation sites (tertiary alicyclic amines) is 1. The van der Waals surface area contributed by atoms with Gasteiger partial charge in [0.1, 0.15) is 6.29 Å². The Balaban J connectivity index is 1.80. The summed E-state index contributed by atoms with van der Waals surface area (Å²) in [5, 5.41) is 0. The van der Waals surface area contributed by atoms with Crippen LogP contribution in [0.15, 0.2) is 6.33 Å². The number of hydrogen-bond donors (Lipinski definition) is 3. The number of methoxy groups -OCH3 is 1.